The number of fused-ring (bicyclic) bond motifs is 1. The summed E-state index contributed by atoms with van der Waals surface area (Å²) < 4.78 is 20.2. The van der Waals surface area contributed by atoms with Crippen molar-refractivity contribution in [3.8, 4) is 0 Å². The summed E-state index contributed by atoms with van der Waals surface area (Å²) in [6, 6.07) is 7.86. The van der Waals surface area contributed by atoms with Gasteiger partial charge in [0.15, 0.2) is 0 Å². The van der Waals surface area contributed by atoms with Crippen LogP contribution in [0.25, 0.3) is 5.52 Å². The van der Waals surface area contributed by atoms with E-state index in [0.29, 0.717) is 5.69 Å². The molecule has 1 N–H and O–H groups in total. The zero-order valence-electron chi connectivity index (χ0n) is 16.1. The molecule has 2 aliphatic rings. The highest BCUT2D eigenvalue weighted by atomic mass is 31.2. The monoisotopic (exact) mass is 388 g/mol. The summed E-state index contributed by atoms with van der Waals surface area (Å²) in [5, 5.41) is 3.02. The zero-order chi connectivity index (χ0) is 18.9. The lowest BCUT2D eigenvalue weighted by Gasteiger charge is -2.42. The minimum Gasteiger partial charge on any atom is -0.312 e. The molecule has 2 aromatic heterocycles. The number of hydrogen-bond acceptors (Lipinski definition) is 2. The third kappa shape index (κ3) is 3.58. The van der Waals surface area contributed by atoms with Gasteiger partial charge < -0.3 is 4.40 Å². The molecular weight excluding hydrogens is 359 g/mol. The fourth-order valence-corrected chi connectivity index (χ4v) is 7.01. The van der Waals surface area contributed by atoms with Gasteiger partial charge in [0, 0.05) is 37.9 Å². The van der Waals surface area contributed by atoms with Crippen LogP contribution in [0.3, 0.4) is 0 Å². The highest BCUT2D eigenvalue weighted by molar-refractivity contribution is 7.57. The minimum atomic E-state index is -3.11. The molecule has 2 aromatic rings. The molecular formula is C20H29N4O2P. The van der Waals surface area contributed by atoms with Crippen LogP contribution >= 0.6 is 7.59 Å². The van der Waals surface area contributed by atoms with Crippen LogP contribution < -0.4 is 5.09 Å². The van der Waals surface area contributed by atoms with Gasteiger partial charge in [0.25, 0.3) is 5.91 Å². The molecule has 0 spiro atoms. The van der Waals surface area contributed by atoms with Gasteiger partial charge in [0.1, 0.15) is 5.69 Å². The third-order valence-corrected chi connectivity index (χ3v) is 8.59. The summed E-state index contributed by atoms with van der Waals surface area (Å²) in [4.78, 5) is 13.3. The van der Waals surface area contributed by atoms with E-state index in [-0.39, 0.29) is 5.91 Å². The van der Waals surface area contributed by atoms with Gasteiger partial charge in [-0.1, -0.05) is 18.9 Å². The smallest absolute Gasteiger partial charge is 0.311 e. The predicted molar refractivity (Wildman–Crippen MR) is 108 cm³/mol. The van der Waals surface area contributed by atoms with Crippen molar-refractivity contribution >= 4 is 19.0 Å². The second-order valence-electron chi connectivity index (χ2n) is 7.69. The Hall–Kier alpha value is -1.62. The molecule has 2 fully saturated rings. The number of pyridine rings is 1. The third-order valence-electron chi connectivity index (χ3n) is 5.76. The van der Waals surface area contributed by atoms with Crippen molar-refractivity contribution in [1.82, 2.24) is 18.8 Å². The molecule has 4 heterocycles. The van der Waals surface area contributed by atoms with E-state index in [0.717, 1.165) is 62.9 Å². The molecule has 6 nitrogen and oxygen atoms in total. The Morgan fingerprint density at radius 1 is 0.963 bits per heavy atom. The van der Waals surface area contributed by atoms with Gasteiger partial charge in [-0.05, 0) is 56.4 Å². The number of amides is 1. The molecule has 0 unspecified atom stereocenters. The Bertz CT molecular complexity index is 844. The molecule has 0 radical (unpaired) electrons. The second kappa shape index (κ2) is 7.78. The summed E-state index contributed by atoms with van der Waals surface area (Å²) in [6.45, 7) is 5.11. The maximum Gasteiger partial charge on any atom is 0.311 e. The lowest BCUT2D eigenvalue weighted by molar-refractivity contribution is 0.0965. The van der Waals surface area contributed by atoms with Crippen LogP contribution in [0.5, 0.6) is 0 Å². The molecule has 0 aliphatic carbocycles. The number of aryl methyl sites for hydroxylation is 1. The first-order valence-corrected chi connectivity index (χ1v) is 11.7. The molecule has 0 atom stereocenters. The Balaban J connectivity index is 1.67. The molecule has 1 amide bonds. The van der Waals surface area contributed by atoms with Crippen molar-refractivity contribution < 1.29 is 9.36 Å². The SMILES string of the molecule is Cc1cc2ccccn2c1C(=O)NP(=O)(N1CCCCC1)N1CCCCC1. The Kier molecular flexibility index (Phi) is 5.40. The largest absolute Gasteiger partial charge is 0.312 e. The maximum atomic E-state index is 14.2. The topological polar surface area (TPSA) is 57.1 Å². The Morgan fingerprint density at radius 2 is 1.56 bits per heavy atom. The number of carbonyl (C=O) groups excluding carboxylic acids is 1. The van der Waals surface area contributed by atoms with Crippen molar-refractivity contribution in [2.75, 3.05) is 26.2 Å². The van der Waals surface area contributed by atoms with Crippen molar-refractivity contribution in [3.63, 3.8) is 0 Å². The van der Waals surface area contributed by atoms with Gasteiger partial charge in [-0.15, -0.1) is 0 Å². The van der Waals surface area contributed by atoms with Gasteiger partial charge in [0.05, 0.1) is 0 Å². The maximum absolute atomic E-state index is 14.2. The van der Waals surface area contributed by atoms with E-state index in [1.165, 1.54) is 12.8 Å². The molecule has 27 heavy (non-hydrogen) atoms. The standard InChI is InChI=1S/C20H29N4O2P/c1-17-16-18-10-4-9-15-24(18)19(17)20(25)21-27(26,22-11-5-2-6-12-22)23-13-7-3-8-14-23/h4,9-10,15-16H,2-3,5-8,11-14H2,1H3,(H,21,25,26). The highest BCUT2D eigenvalue weighted by Crippen LogP contribution is 2.51. The first-order valence-electron chi connectivity index (χ1n) is 10.1. The molecule has 146 valence electrons. The zero-order valence-corrected chi connectivity index (χ0v) is 17.0. The number of hydrogen-bond donors (Lipinski definition) is 1. The van der Waals surface area contributed by atoms with Crippen LogP contribution in [-0.2, 0) is 4.57 Å². The van der Waals surface area contributed by atoms with Gasteiger partial charge in [-0.2, -0.15) is 0 Å². The molecule has 2 saturated heterocycles. The fourth-order valence-electron chi connectivity index (χ4n) is 4.35. The number of rotatable bonds is 4. The molecule has 2 aliphatic heterocycles. The van der Waals surface area contributed by atoms with Gasteiger partial charge in [-0.3, -0.25) is 14.4 Å². The number of piperidine rings is 2. The number of nitrogens with one attached hydrogen (secondary N) is 1. The van der Waals surface area contributed by atoms with Crippen LogP contribution in [0.1, 0.15) is 54.6 Å². The summed E-state index contributed by atoms with van der Waals surface area (Å²) in [5.74, 6) is -0.238. The van der Waals surface area contributed by atoms with E-state index in [1.807, 2.05) is 51.1 Å². The summed E-state index contributed by atoms with van der Waals surface area (Å²) in [5.41, 5.74) is 2.47. The number of aromatic nitrogens is 1. The Morgan fingerprint density at radius 3 is 2.15 bits per heavy atom. The molecule has 0 saturated carbocycles. The van der Waals surface area contributed by atoms with Crippen molar-refractivity contribution in [3.05, 3.63) is 41.7 Å². The van der Waals surface area contributed by atoms with Crippen LogP contribution in [0.2, 0.25) is 0 Å². The lowest BCUT2D eigenvalue weighted by atomic mass is 10.2. The minimum absolute atomic E-state index is 0.238. The number of carbonyl (C=O) groups is 1. The van der Waals surface area contributed by atoms with Crippen LogP contribution in [0.4, 0.5) is 0 Å². The number of nitrogens with zero attached hydrogens (tertiary/aromatic N) is 3. The first kappa shape index (κ1) is 18.7. The van der Waals surface area contributed by atoms with Crippen LogP contribution in [0.15, 0.2) is 30.5 Å². The van der Waals surface area contributed by atoms with Crippen LogP contribution in [-0.4, -0.2) is 45.8 Å². The summed E-state index contributed by atoms with van der Waals surface area (Å²) in [7, 11) is -3.11. The van der Waals surface area contributed by atoms with E-state index in [4.69, 9.17) is 0 Å². The predicted octanol–water partition coefficient (Wildman–Crippen LogP) is 4.06. The van der Waals surface area contributed by atoms with E-state index < -0.39 is 7.59 Å². The molecule has 4 rings (SSSR count). The van der Waals surface area contributed by atoms with E-state index in [9.17, 15) is 9.36 Å². The quantitative estimate of drug-likeness (QED) is 0.803. The van der Waals surface area contributed by atoms with Gasteiger partial charge in [-0.25, -0.2) is 9.34 Å². The summed E-state index contributed by atoms with van der Waals surface area (Å²) in [6.07, 6.45) is 8.41. The molecule has 7 heteroatoms. The lowest BCUT2D eigenvalue weighted by Crippen LogP contribution is -2.44. The van der Waals surface area contributed by atoms with Gasteiger partial charge >= 0.3 is 7.59 Å². The van der Waals surface area contributed by atoms with Crippen molar-refractivity contribution in [2.24, 2.45) is 0 Å². The Labute approximate surface area is 161 Å². The first-order chi connectivity index (χ1) is 13.1. The van der Waals surface area contributed by atoms with E-state index >= 15 is 0 Å². The van der Waals surface area contributed by atoms with Crippen molar-refractivity contribution in [1.29, 1.82) is 0 Å². The molecule has 0 bridgehead atoms. The second-order valence-corrected chi connectivity index (χ2v) is 10.1. The summed E-state index contributed by atoms with van der Waals surface area (Å²) >= 11 is 0. The normalized spacial score (nSPS) is 20.0. The average molecular weight is 388 g/mol. The van der Waals surface area contributed by atoms with E-state index in [1.54, 1.807) is 0 Å². The van der Waals surface area contributed by atoms with E-state index in [2.05, 4.69) is 5.09 Å². The van der Waals surface area contributed by atoms with Crippen molar-refractivity contribution in [2.45, 2.75) is 45.4 Å². The molecule has 0 aromatic carbocycles. The fraction of sp³-hybridized carbons (Fsp3) is 0.550. The average Bonchev–Trinajstić information content (AvgIpc) is 3.05. The van der Waals surface area contributed by atoms with Gasteiger partial charge in [0.2, 0.25) is 0 Å². The highest BCUT2D eigenvalue weighted by Gasteiger charge is 2.40. The van der Waals surface area contributed by atoms with Crippen LogP contribution in [0, 0.1) is 6.92 Å².